The molecule has 0 aromatic carbocycles. The molecule has 0 fully saturated rings. The first-order chi connectivity index (χ1) is 9.15. The largest absolute Gasteiger partial charge is 0.369 e. The van der Waals surface area contributed by atoms with Crippen LogP contribution in [0.25, 0.3) is 0 Å². The molecule has 0 unspecified atom stereocenters. The van der Waals surface area contributed by atoms with E-state index in [1.807, 2.05) is 13.8 Å². The fourth-order valence-electron chi connectivity index (χ4n) is 1.49. The van der Waals surface area contributed by atoms with E-state index >= 15 is 0 Å². The van der Waals surface area contributed by atoms with Crippen molar-refractivity contribution in [3.05, 3.63) is 29.3 Å². The first kappa shape index (κ1) is 13.7. The third kappa shape index (κ3) is 4.17. The van der Waals surface area contributed by atoms with Crippen molar-refractivity contribution in [2.75, 3.05) is 11.9 Å². The van der Waals surface area contributed by atoms with Crippen LogP contribution in [0.1, 0.15) is 37.9 Å². The average molecular weight is 282 g/mol. The Balaban J connectivity index is 1.74. The summed E-state index contributed by atoms with van der Waals surface area (Å²) in [5.74, 6) is 2.38. The lowest BCUT2D eigenvalue weighted by atomic mass is 10.2. The zero-order valence-corrected chi connectivity index (χ0v) is 11.7. The molecule has 0 aliphatic heterocycles. The minimum atomic E-state index is 0.289. The molecule has 0 aliphatic carbocycles. The molecule has 0 saturated carbocycles. The van der Waals surface area contributed by atoms with Crippen molar-refractivity contribution in [3.63, 3.8) is 0 Å². The molecule has 2 aromatic heterocycles. The highest BCUT2D eigenvalue weighted by Crippen LogP contribution is 2.11. The van der Waals surface area contributed by atoms with Crippen molar-refractivity contribution in [1.82, 2.24) is 20.1 Å². The second-order valence-corrected chi connectivity index (χ2v) is 4.85. The molecule has 2 heterocycles. The Kier molecular flexibility index (Phi) is 4.68. The molecule has 0 saturated heterocycles. The molecule has 0 amide bonds. The van der Waals surface area contributed by atoms with E-state index in [4.69, 9.17) is 16.1 Å². The van der Waals surface area contributed by atoms with Crippen LogP contribution in [0.5, 0.6) is 0 Å². The van der Waals surface area contributed by atoms with Gasteiger partial charge in [0.1, 0.15) is 11.0 Å². The van der Waals surface area contributed by atoms with Crippen LogP contribution in [0.3, 0.4) is 0 Å². The van der Waals surface area contributed by atoms with Crippen LogP contribution in [-0.4, -0.2) is 26.7 Å². The van der Waals surface area contributed by atoms with Gasteiger partial charge < -0.3 is 9.84 Å². The number of aromatic nitrogens is 4. The quantitative estimate of drug-likeness (QED) is 0.820. The number of halogens is 1. The van der Waals surface area contributed by atoms with Gasteiger partial charge in [-0.25, -0.2) is 4.98 Å². The van der Waals surface area contributed by atoms with Gasteiger partial charge in [0.2, 0.25) is 5.89 Å². The van der Waals surface area contributed by atoms with E-state index in [0.717, 1.165) is 25.2 Å². The third-order valence-electron chi connectivity index (χ3n) is 2.48. The Morgan fingerprint density at radius 1 is 1.32 bits per heavy atom. The summed E-state index contributed by atoms with van der Waals surface area (Å²) in [6.45, 7) is 4.82. The second-order valence-electron chi connectivity index (χ2n) is 4.46. The van der Waals surface area contributed by atoms with Gasteiger partial charge in [0.25, 0.3) is 0 Å². The highest BCUT2D eigenvalue weighted by atomic mass is 35.5. The molecule has 0 aliphatic rings. The van der Waals surface area contributed by atoms with Crippen LogP contribution in [0.4, 0.5) is 5.82 Å². The molecule has 0 radical (unpaired) electrons. The molecular formula is C12H16ClN5O. The van der Waals surface area contributed by atoms with Crippen LogP contribution in [0, 0.1) is 0 Å². The summed E-state index contributed by atoms with van der Waals surface area (Å²) in [6, 6.07) is 0. The molecule has 0 atom stereocenters. The number of anilines is 1. The van der Waals surface area contributed by atoms with Gasteiger partial charge in [0, 0.05) is 18.9 Å². The minimum absolute atomic E-state index is 0.289. The molecule has 0 spiro atoms. The SMILES string of the molecule is CC(C)c1noc(CCCNc2cncc(Cl)n2)n1. The Hall–Kier alpha value is -1.69. The lowest BCUT2D eigenvalue weighted by Crippen LogP contribution is -2.05. The Bertz CT molecular complexity index is 528. The normalized spacial score (nSPS) is 10.9. The van der Waals surface area contributed by atoms with Gasteiger partial charge in [-0.1, -0.05) is 30.6 Å². The highest BCUT2D eigenvalue weighted by molar-refractivity contribution is 6.29. The fourth-order valence-corrected chi connectivity index (χ4v) is 1.63. The number of hydrogen-bond acceptors (Lipinski definition) is 6. The molecule has 2 rings (SSSR count). The average Bonchev–Trinajstić information content (AvgIpc) is 2.84. The van der Waals surface area contributed by atoms with Crippen LogP contribution in [-0.2, 0) is 6.42 Å². The van der Waals surface area contributed by atoms with E-state index in [9.17, 15) is 0 Å². The number of hydrogen-bond donors (Lipinski definition) is 1. The zero-order valence-electron chi connectivity index (χ0n) is 10.9. The van der Waals surface area contributed by atoms with Crippen LogP contribution >= 0.6 is 11.6 Å². The topological polar surface area (TPSA) is 76.7 Å². The summed E-state index contributed by atoms with van der Waals surface area (Å²) >= 11 is 5.74. The Morgan fingerprint density at radius 3 is 2.84 bits per heavy atom. The van der Waals surface area contributed by atoms with Gasteiger partial charge in [0.05, 0.1) is 12.4 Å². The zero-order chi connectivity index (χ0) is 13.7. The van der Waals surface area contributed by atoms with Crippen LogP contribution < -0.4 is 5.32 Å². The summed E-state index contributed by atoms with van der Waals surface area (Å²) in [5, 5.41) is 7.43. The Morgan fingerprint density at radius 2 is 2.16 bits per heavy atom. The van der Waals surface area contributed by atoms with Gasteiger partial charge in [-0.3, -0.25) is 4.98 Å². The smallest absolute Gasteiger partial charge is 0.226 e. The van der Waals surface area contributed by atoms with Crippen molar-refractivity contribution in [2.24, 2.45) is 0 Å². The summed E-state index contributed by atoms with van der Waals surface area (Å²) in [5.41, 5.74) is 0. The number of nitrogens with zero attached hydrogens (tertiary/aromatic N) is 4. The molecule has 0 bridgehead atoms. The molecule has 19 heavy (non-hydrogen) atoms. The number of nitrogens with one attached hydrogen (secondary N) is 1. The van der Waals surface area contributed by atoms with Gasteiger partial charge >= 0.3 is 0 Å². The summed E-state index contributed by atoms with van der Waals surface area (Å²) in [4.78, 5) is 12.3. The van der Waals surface area contributed by atoms with Crippen molar-refractivity contribution in [1.29, 1.82) is 0 Å². The van der Waals surface area contributed by atoms with Crippen LogP contribution in [0.15, 0.2) is 16.9 Å². The predicted molar refractivity (Wildman–Crippen MR) is 72.2 cm³/mol. The molecule has 1 N–H and O–H groups in total. The maximum atomic E-state index is 5.74. The maximum absolute atomic E-state index is 5.74. The first-order valence-electron chi connectivity index (χ1n) is 6.19. The lowest BCUT2D eigenvalue weighted by molar-refractivity contribution is 0.369. The van der Waals surface area contributed by atoms with Crippen molar-refractivity contribution in [2.45, 2.75) is 32.6 Å². The van der Waals surface area contributed by atoms with E-state index in [1.165, 1.54) is 6.20 Å². The molecule has 102 valence electrons. The van der Waals surface area contributed by atoms with E-state index in [1.54, 1.807) is 6.20 Å². The summed E-state index contributed by atoms with van der Waals surface area (Å²) in [7, 11) is 0. The van der Waals surface area contributed by atoms with Crippen molar-refractivity contribution < 1.29 is 4.52 Å². The summed E-state index contributed by atoms with van der Waals surface area (Å²) in [6.07, 6.45) is 4.74. The fraction of sp³-hybridized carbons (Fsp3) is 0.500. The van der Waals surface area contributed by atoms with Gasteiger partial charge in [-0.2, -0.15) is 4.98 Å². The van der Waals surface area contributed by atoms with E-state index in [0.29, 0.717) is 16.9 Å². The predicted octanol–water partition coefficient (Wildman–Crippen LogP) is 2.68. The van der Waals surface area contributed by atoms with E-state index in [2.05, 4.69) is 25.4 Å². The molecule has 2 aromatic rings. The third-order valence-corrected chi connectivity index (χ3v) is 2.66. The molecular weight excluding hydrogens is 266 g/mol. The minimum Gasteiger partial charge on any atom is -0.369 e. The number of aryl methyl sites for hydroxylation is 1. The standard InChI is InChI=1S/C12H16ClN5O/c1-8(2)12-17-11(19-18-12)4-3-5-15-10-7-14-6-9(13)16-10/h6-8H,3-5H2,1-2H3,(H,15,16). The monoisotopic (exact) mass is 281 g/mol. The molecule has 6 nitrogen and oxygen atoms in total. The van der Waals surface area contributed by atoms with E-state index < -0.39 is 0 Å². The maximum Gasteiger partial charge on any atom is 0.226 e. The Labute approximate surface area is 116 Å². The van der Waals surface area contributed by atoms with Crippen molar-refractivity contribution in [3.8, 4) is 0 Å². The second kappa shape index (κ2) is 6.47. The van der Waals surface area contributed by atoms with Gasteiger partial charge in [0.15, 0.2) is 5.82 Å². The molecule has 7 heteroatoms. The number of rotatable bonds is 6. The van der Waals surface area contributed by atoms with Crippen molar-refractivity contribution >= 4 is 17.4 Å². The van der Waals surface area contributed by atoms with Gasteiger partial charge in [-0.05, 0) is 6.42 Å². The van der Waals surface area contributed by atoms with E-state index in [-0.39, 0.29) is 5.92 Å². The highest BCUT2D eigenvalue weighted by Gasteiger charge is 2.08. The summed E-state index contributed by atoms with van der Waals surface area (Å²) < 4.78 is 5.16. The van der Waals surface area contributed by atoms with Crippen LogP contribution in [0.2, 0.25) is 5.15 Å². The lowest BCUT2D eigenvalue weighted by Gasteiger charge is -2.03. The first-order valence-corrected chi connectivity index (χ1v) is 6.57. The van der Waals surface area contributed by atoms with Gasteiger partial charge in [-0.15, -0.1) is 0 Å².